The highest BCUT2D eigenvalue weighted by Crippen LogP contribution is 2.29. The number of nitrogens with one attached hydrogen (secondary N) is 1. The third-order valence-electron chi connectivity index (χ3n) is 2.77. The molecule has 0 saturated carbocycles. The van der Waals surface area contributed by atoms with E-state index in [1.165, 1.54) is 0 Å². The van der Waals surface area contributed by atoms with Crippen LogP contribution < -0.4 is 5.32 Å². The van der Waals surface area contributed by atoms with Crippen LogP contribution in [-0.2, 0) is 4.79 Å². The zero-order valence-corrected chi connectivity index (χ0v) is 12.6. The summed E-state index contributed by atoms with van der Waals surface area (Å²) in [5, 5.41) is 3.36. The lowest BCUT2D eigenvalue weighted by Crippen LogP contribution is -2.47. The smallest absolute Gasteiger partial charge is 0.223 e. The minimum Gasteiger partial charge on any atom is -0.340 e. The van der Waals surface area contributed by atoms with E-state index >= 15 is 0 Å². The van der Waals surface area contributed by atoms with E-state index < -0.39 is 0 Å². The number of carbonyl (C=O) groups is 1. The maximum atomic E-state index is 12.0. The minimum atomic E-state index is 0.0945. The van der Waals surface area contributed by atoms with Crippen LogP contribution in [0, 0.1) is 0 Å². The average molecular weight is 258 g/mol. The number of hydrogen-bond acceptors (Lipinski definition) is 3. The Labute approximate surface area is 110 Å². The van der Waals surface area contributed by atoms with Crippen molar-refractivity contribution >= 4 is 17.7 Å². The summed E-state index contributed by atoms with van der Waals surface area (Å²) >= 11 is 1.96. The van der Waals surface area contributed by atoms with Gasteiger partial charge in [-0.1, -0.05) is 0 Å². The lowest BCUT2D eigenvalue weighted by atomic mass is 10.1. The molecule has 0 bridgehead atoms. The highest BCUT2D eigenvalue weighted by atomic mass is 32.2. The topological polar surface area (TPSA) is 32.3 Å². The van der Waals surface area contributed by atoms with Gasteiger partial charge in [0, 0.05) is 42.1 Å². The van der Waals surface area contributed by atoms with Gasteiger partial charge < -0.3 is 10.2 Å². The Morgan fingerprint density at radius 3 is 2.59 bits per heavy atom. The Balaban J connectivity index is 2.33. The normalized spacial score (nSPS) is 20.4. The molecule has 1 fully saturated rings. The molecule has 17 heavy (non-hydrogen) atoms. The van der Waals surface area contributed by atoms with Gasteiger partial charge in [0.1, 0.15) is 0 Å². The van der Waals surface area contributed by atoms with Crippen LogP contribution in [0.5, 0.6) is 0 Å². The zero-order valence-electron chi connectivity index (χ0n) is 11.8. The van der Waals surface area contributed by atoms with Crippen LogP contribution in [0.25, 0.3) is 0 Å². The molecule has 0 aliphatic carbocycles. The molecular weight excluding hydrogens is 232 g/mol. The minimum absolute atomic E-state index is 0.0945. The van der Waals surface area contributed by atoms with Gasteiger partial charge in [0.2, 0.25) is 5.91 Å². The Morgan fingerprint density at radius 2 is 2.06 bits per heavy atom. The average Bonchev–Trinajstić information content (AvgIpc) is 2.13. The van der Waals surface area contributed by atoms with E-state index in [1.54, 1.807) is 0 Å². The van der Waals surface area contributed by atoms with Crippen molar-refractivity contribution in [2.75, 3.05) is 25.4 Å². The van der Waals surface area contributed by atoms with E-state index in [1.807, 2.05) is 16.7 Å². The highest BCUT2D eigenvalue weighted by molar-refractivity contribution is 8.00. The van der Waals surface area contributed by atoms with Crippen molar-refractivity contribution in [3.8, 4) is 0 Å². The monoisotopic (exact) mass is 258 g/mol. The van der Waals surface area contributed by atoms with Gasteiger partial charge in [0.05, 0.1) is 0 Å². The van der Waals surface area contributed by atoms with Crippen LogP contribution in [0.3, 0.4) is 0 Å². The summed E-state index contributed by atoms with van der Waals surface area (Å²) in [5.74, 6) is 1.35. The van der Waals surface area contributed by atoms with Gasteiger partial charge in [-0.2, -0.15) is 11.8 Å². The second kappa shape index (κ2) is 5.61. The van der Waals surface area contributed by atoms with Crippen molar-refractivity contribution in [1.29, 1.82) is 0 Å². The molecule has 4 heteroatoms. The first-order valence-electron chi connectivity index (χ1n) is 6.36. The summed E-state index contributed by atoms with van der Waals surface area (Å²) in [7, 11) is 0. The molecular formula is C13H26N2OS. The summed E-state index contributed by atoms with van der Waals surface area (Å²) in [5.41, 5.74) is 0.0945. The van der Waals surface area contributed by atoms with Gasteiger partial charge >= 0.3 is 0 Å². The Morgan fingerprint density at radius 1 is 1.41 bits per heavy atom. The summed E-state index contributed by atoms with van der Waals surface area (Å²) in [6.45, 7) is 13.4. The van der Waals surface area contributed by atoms with Crippen molar-refractivity contribution in [2.24, 2.45) is 0 Å². The standard InChI is InChI=1S/C13H26N2OS/c1-12(2,3)14-7-6-11(16)15-8-9-17-13(4,5)10-15/h14H,6-10H2,1-5H3. The maximum absolute atomic E-state index is 12.0. The quantitative estimate of drug-likeness (QED) is 0.841. The van der Waals surface area contributed by atoms with E-state index in [0.717, 1.165) is 25.4 Å². The predicted molar refractivity (Wildman–Crippen MR) is 75.5 cm³/mol. The first-order valence-corrected chi connectivity index (χ1v) is 7.35. The number of thioether (sulfide) groups is 1. The van der Waals surface area contributed by atoms with Crippen molar-refractivity contribution < 1.29 is 4.79 Å². The first kappa shape index (κ1) is 14.8. The summed E-state index contributed by atoms with van der Waals surface area (Å²) in [6.07, 6.45) is 0.609. The molecule has 0 aromatic rings. The third-order valence-corrected chi connectivity index (χ3v) is 4.07. The molecule has 3 nitrogen and oxygen atoms in total. The molecule has 0 aromatic heterocycles. The molecule has 0 radical (unpaired) electrons. The second-order valence-electron chi connectivity index (χ2n) is 6.35. The fourth-order valence-corrected chi connectivity index (χ4v) is 3.04. The van der Waals surface area contributed by atoms with Crippen molar-refractivity contribution in [1.82, 2.24) is 10.2 Å². The molecule has 100 valence electrons. The molecule has 0 spiro atoms. The number of nitrogens with zero attached hydrogens (tertiary/aromatic N) is 1. The van der Waals surface area contributed by atoms with Gasteiger partial charge in [-0.15, -0.1) is 0 Å². The first-order chi connectivity index (χ1) is 7.70. The number of hydrogen-bond donors (Lipinski definition) is 1. The molecule has 1 saturated heterocycles. The van der Waals surface area contributed by atoms with Gasteiger partial charge in [-0.05, 0) is 34.6 Å². The molecule has 1 aliphatic heterocycles. The molecule has 0 unspecified atom stereocenters. The van der Waals surface area contributed by atoms with Crippen LogP contribution in [-0.4, -0.2) is 46.5 Å². The lowest BCUT2D eigenvalue weighted by Gasteiger charge is -2.37. The zero-order chi connectivity index (χ0) is 13.1. The van der Waals surface area contributed by atoms with E-state index in [-0.39, 0.29) is 16.2 Å². The van der Waals surface area contributed by atoms with Gasteiger partial charge in [0.15, 0.2) is 0 Å². The van der Waals surface area contributed by atoms with Crippen LogP contribution in [0.1, 0.15) is 41.0 Å². The fourth-order valence-electron chi connectivity index (χ4n) is 1.93. The fraction of sp³-hybridized carbons (Fsp3) is 0.923. The number of rotatable bonds is 3. The Hall–Kier alpha value is -0.220. The lowest BCUT2D eigenvalue weighted by molar-refractivity contribution is -0.131. The molecule has 1 N–H and O–H groups in total. The van der Waals surface area contributed by atoms with E-state index in [0.29, 0.717) is 6.42 Å². The summed E-state index contributed by atoms with van der Waals surface area (Å²) in [4.78, 5) is 14.1. The van der Waals surface area contributed by atoms with Crippen LogP contribution in [0.15, 0.2) is 0 Å². The Kier molecular flexibility index (Phi) is 4.90. The van der Waals surface area contributed by atoms with E-state index in [4.69, 9.17) is 0 Å². The van der Waals surface area contributed by atoms with Crippen molar-refractivity contribution in [3.05, 3.63) is 0 Å². The maximum Gasteiger partial charge on any atom is 0.223 e. The van der Waals surface area contributed by atoms with Crippen molar-refractivity contribution in [2.45, 2.75) is 51.3 Å². The number of amides is 1. The largest absolute Gasteiger partial charge is 0.340 e. The number of carbonyl (C=O) groups excluding carboxylic acids is 1. The summed E-state index contributed by atoms with van der Waals surface area (Å²) in [6, 6.07) is 0. The van der Waals surface area contributed by atoms with Crippen LogP contribution in [0.4, 0.5) is 0 Å². The third kappa shape index (κ3) is 5.77. The van der Waals surface area contributed by atoms with E-state index in [9.17, 15) is 4.79 Å². The van der Waals surface area contributed by atoms with Gasteiger partial charge in [-0.3, -0.25) is 4.79 Å². The highest BCUT2D eigenvalue weighted by Gasteiger charge is 2.29. The van der Waals surface area contributed by atoms with Crippen molar-refractivity contribution in [3.63, 3.8) is 0 Å². The molecule has 1 aliphatic rings. The van der Waals surface area contributed by atoms with Gasteiger partial charge in [-0.25, -0.2) is 0 Å². The second-order valence-corrected chi connectivity index (χ2v) is 8.15. The van der Waals surface area contributed by atoms with Crippen LogP contribution in [0.2, 0.25) is 0 Å². The predicted octanol–water partition coefficient (Wildman–Crippen LogP) is 2.12. The van der Waals surface area contributed by atoms with Gasteiger partial charge in [0.25, 0.3) is 0 Å². The Bertz CT molecular complexity index is 271. The molecule has 1 amide bonds. The molecule has 1 heterocycles. The molecule has 0 atom stereocenters. The SMILES string of the molecule is CC(C)(C)NCCC(=O)N1CCSC(C)(C)C1. The molecule has 1 rings (SSSR count). The van der Waals surface area contributed by atoms with Crippen LogP contribution >= 0.6 is 11.8 Å². The van der Waals surface area contributed by atoms with E-state index in [2.05, 4.69) is 39.9 Å². The summed E-state index contributed by atoms with van der Waals surface area (Å²) < 4.78 is 0.214. The molecule has 0 aromatic carbocycles.